The maximum absolute atomic E-state index is 5.64. The number of nitrogens with zero attached hydrogens (tertiary/aromatic N) is 5. The molecule has 0 unspecified atom stereocenters. The molecule has 1 saturated heterocycles. The summed E-state index contributed by atoms with van der Waals surface area (Å²) in [6.45, 7) is 9.53. The van der Waals surface area contributed by atoms with Gasteiger partial charge in [0.25, 0.3) is 0 Å². The molecule has 1 aliphatic heterocycles. The van der Waals surface area contributed by atoms with Crippen LogP contribution in [0.25, 0.3) is 0 Å². The topological polar surface area (TPSA) is 83.2 Å². The Bertz CT molecular complexity index is 628. The first-order valence-electron chi connectivity index (χ1n) is 7.96. The number of benzene rings is 1. The van der Waals surface area contributed by atoms with E-state index in [0.717, 1.165) is 38.4 Å². The van der Waals surface area contributed by atoms with Gasteiger partial charge in [-0.3, -0.25) is 0 Å². The average Bonchev–Trinajstić information content (AvgIpc) is 2.55. The Morgan fingerprint density at radius 2 is 1.74 bits per heavy atom. The van der Waals surface area contributed by atoms with Crippen LogP contribution < -0.4 is 16.0 Å². The number of hydrogen-bond donors (Lipinski definition) is 2. The fourth-order valence-corrected chi connectivity index (χ4v) is 2.77. The van der Waals surface area contributed by atoms with Gasteiger partial charge in [-0.05, 0) is 37.7 Å². The van der Waals surface area contributed by atoms with Gasteiger partial charge in [-0.2, -0.15) is 15.0 Å². The van der Waals surface area contributed by atoms with Crippen molar-refractivity contribution in [3.63, 3.8) is 0 Å². The zero-order valence-electron chi connectivity index (χ0n) is 13.7. The van der Waals surface area contributed by atoms with Crippen LogP contribution in [0.5, 0.6) is 0 Å². The summed E-state index contributed by atoms with van der Waals surface area (Å²) in [5.41, 5.74) is 7.83. The molecule has 3 rings (SSSR count). The number of anilines is 4. The van der Waals surface area contributed by atoms with Gasteiger partial charge >= 0.3 is 0 Å². The van der Waals surface area contributed by atoms with Gasteiger partial charge in [0.1, 0.15) is 5.82 Å². The third-order valence-electron chi connectivity index (χ3n) is 4.07. The number of nitrogen functional groups attached to an aromatic ring is 1. The molecule has 23 heavy (non-hydrogen) atoms. The monoisotopic (exact) mass is 313 g/mol. The molecule has 0 radical (unpaired) electrons. The van der Waals surface area contributed by atoms with E-state index in [-0.39, 0.29) is 5.95 Å². The summed E-state index contributed by atoms with van der Waals surface area (Å²) in [5.74, 6) is 1.30. The van der Waals surface area contributed by atoms with Crippen LogP contribution in [0, 0.1) is 6.92 Å². The maximum atomic E-state index is 5.64. The lowest BCUT2D eigenvalue weighted by Crippen LogP contribution is -2.46. The minimum Gasteiger partial charge on any atom is -0.369 e. The average molecular weight is 313 g/mol. The van der Waals surface area contributed by atoms with Gasteiger partial charge in [0.2, 0.25) is 11.9 Å². The van der Waals surface area contributed by atoms with Gasteiger partial charge < -0.3 is 20.9 Å². The normalized spacial score (nSPS) is 15.7. The third-order valence-corrected chi connectivity index (χ3v) is 4.07. The van der Waals surface area contributed by atoms with Crippen molar-refractivity contribution in [1.29, 1.82) is 0 Å². The van der Waals surface area contributed by atoms with E-state index in [1.54, 1.807) is 6.92 Å². The van der Waals surface area contributed by atoms with Crippen molar-refractivity contribution in [3.8, 4) is 0 Å². The van der Waals surface area contributed by atoms with E-state index in [0.29, 0.717) is 11.8 Å². The van der Waals surface area contributed by atoms with Crippen LogP contribution in [0.3, 0.4) is 0 Å². The molecule has 1 aromatic heterocycles. The first-order chi connectivity index (χ1) is 11.1. The van der Waals surface area contributed by atoms with E-state index < -0.39 is 0 Å². The van der Waals surface area contributed by atoms with Gasteiger partial charge in [0.15, 0.2) is 0 Å². The fraction of sp³-hybridized carbons (Fsp3) is 0.438. The van der Waals surface area contributed by atoms with Crippen LogP contribution in [0.2, 0.25) is 0 Å². The molecule has 2 heterocycles. The third kappa shape index (κ3) is 3.87. The zero-order chi connectivity index (χ0) is 16.2. The molecule has 0 atom stereocenters. The lowest BCUT2D eigenvalue weighted by molar-refractivity contribution is 0.271. The molecule has 1 aromatic carbocycles. The minimum atomic E-state index is 0.227. The Kier molecular flexibility index (Phi) is 4.57. The summed E-state index contributed by atoms with van der Waals surface area (Å²) in [5, 5.41) is 3.16. The zero-order valence-corrected chi connectivity index (χ0v) is 13.7. The number of nitrogens with two attached hydrogens (primary N) is 1. The van der Waals surface area contributed by atoms with E-state index in [1.807, 2.05) is 12.1 Å². The van der Waals surface area contributed by atoms with Crippen LogP contribution in [-0.4, -0.2) is 52.6 Å². The number of likely N-dealkylation sites (N-methyl/N-ethyl adjacent to an activating group) is 1. The minimum absolute atomic E-state index is 0.227. The van der Waals surface area contributed by atoms with Gasteiger partial charge in [-0.15, -0.1) is 0 Å². The number of piperazine rings is 1. The quantitative estimate of drug-likeness (QED) is 0.888. The van der Waals surface area contributed by atoms with Crippen molar-refractivity contribution in [2.45, 2.75) is 13.8 Å². The van der Waals surface area contributed by atoms with Gasteiger partial charge in [-0.25, -0.2) is 0 Å². The highest BCUT2D eigenvalue weighted by Gasteiger charge is 2.15. The molecule has 7 heteroatoms. The lowest BCUT2D eigenvalue weighted by Gasteiger charge is -2.35. The second-order valence-corrected chi connectivity index (χ2v) is 5.66. The SMILES string of the molecule is CCN1CCN(c2ccc(Nc3nc(C)nc(N)n3)cc2)CC1. The predicted molar refractivity (Wildman–Crippen MR) is 93.0 cm³/mol. The standard InChI is InChI=1S/C16H23N7/c1-3-22-8-10-23(11-9-22)14-6-4-13(5-7-14)20-16-19-12(2)18-15(17)21-16/h4-7H,3,8-11H2,1-2H3,(H3,17,18,19,20,21). The van der Waals surface area contributed by atoms with Gasteiger partial charge in [0.05, 0.1) is 0 Å². The molecule has 122 valence electrons. The summed E-state index contributed by atoms with van der Waals surface area (Å²) in [6.07, 6.45) is 0. The van der Waals surface area contributed by atoms with Crippen molar-refractivity contribution in [2.75, 3.05) is 48.7 Å². The molecule has 3 N–H and O–H groups in total. The van der Waals surface area contributed by atoms with E-state index in [1.165, 1.54) is 5.69 Å². The Hall–Kier alpha value is -2.41. The molecule has 1 fully saturated rings. The van der Waals surface area contributed by atoms with E-state index in [2.05, 4.69) is 49.1 Å². The predicted octanol–water partition coefficient (Wildman–Crippen LogP) is 1.65. The first kappa shape index (κ1) is 15.5. The Labute approximate surface area is 136 Å². The van der Waals surface area contributed by atoms with E-state index in [9.17, 15) is 0 Å². The number of aryl methyl sites for hydroxylation is 1. The van der Waals surface area contributed by atoms with Crippen LogP contribution in [-0.2, 0) is 0 Å². The molecule has 0 amide bonds. The Balaban J connectivity index is 1.65. The molecular formula is C16H23N7. The molecule has 0 bridgehead atoms. The summed E-state index contributed by atoms with van der Waals surface area (Å²) >= 11 is 0. The van der Waals surface area contributed by atoms with Crippen LogP contribution in [0.1, 0.15) is 12.7 Å². The van der Waals surface area contributed by atoms with Crippen LogP contribution in [0.15, 0.2) is 24.3 Å². The van der Waals surface area contributed by atoms with Crippen LogP contribution in [0.4, 0.5) is 23.3 Å². The molecule has 2 aromatic rings. The highest BCUT2D eigenvalue weighted by atomic mass is 15.3. The van der Waals surface area contributed by atoms with E-state index >= 15 is 0 Å². The molecule has 0 spiro atoms. The fourth-order valence-electron chi connectivity index (χ4n) is 2.77. The highest BCUT2D eigenvalue weighted by molar-refractivity contribution is 5.59. The van der Waals surface area contributed by atoms with Crippen molar-refractivity contribution >= 4 is 23.3 Å². The van der Waals surface area contributed by atoms with Crippen molar-refractivity contribution in [2.24, 2.45) is 0 Å². The van der Waals surface area contributed by atoms with E-state index in [4.69, 9.17) is 5.73 Å². The summed E-state index contributed by atoms with van der Waals surface area (Å²) in [4.78, 5) is 17.2. The molecule has 0 aliphatic carbocycles. The van der Waals surface area contributed by atoms with Gasteiger partial charge in [-0.1, -0.05) is 6.92 Å². The Morgan fingerprint density at radius 3 is 2.35 bits per heavy atom. The highest BCUT2D eigenvalue weighted by Crippen LogP contribution is 2.21. The number of hydrogen-bond acceptors (Lipinski definition) is 7. The Morgan fingerprint density at radius 1 is 1.04 bits per heavy atom. The van der Waals surface area contributed by atoms with Gasteiger partial charge in [0, 0.05) is 37.6 Å². The van der Waals surface area contributed by atoms with Crippen molar-refractivity contribution < 1.29 is 0 Å². The number of nitrogens with one attached hydrogen (secondary N) is 1. The summed E-state index contributed by atoms with van der Waals surface area (Å²) in [7, 11) is 0. The molecule has 0 saturated carbocycles. The maximum Gasteiger partial charge on any atom is 0.232 e. The molecular weight excluding hydrogens is 290 g/mol. The summed E-state index contributed by atoms with van der Waals surface area (Å²) < 4.78 is 0. The number of aromatic nitrogens is 3. The van der Waals surface area contributed by atoms with Crippen molar-refractivity contribution in [3.05, 3.63) is 30.1 Å². The first-order valence-corrected chi connectivity index (χ1v) is 7.96. The molecule has 1 aliphatic rings. The number of rotatable bonds is 4. The molecule has 7 nitrogen and oxygen atoms in total. The lowest BCUT2D eigenvalue weighted by atomic mass is 10.2. The second-order valence-electron chi connectivity index (χ2n) is 5.66. The second kappa shape index (κ2) is 6.78. The smallest absolute Gasteiger partial charge is 0.232 e. The summed E-state index contributed by atoms with van der Waals surface area (Å²) in [6, 6.07) is 8.33. The largest absolute Gasteiger partial charge is 0.369 e. The van der Waals surface area contributed by atoms with Crippen molar-refractivity contribution in [1.82, 2.24) is 19.9 Å². The van der Waals surface area contributed by atoms with Crippen LogP contribution >= 0.6 is 0 Å².